The van der Waals surface area contributed by atoms with Gasteiger partial charge in [0.2, 0.25) is 11.8 Å². The summed E-state index contributed by atoms with van der Waals surface area (Å²) in [4.78, 5) is 40.4. The quantitative estimate of drug-likeness (QED) is 0.476. The molecule has 1 fully saturated rings. The SMILES string of the molecule is NC(=O)COC(C(=O)N(c1ccc(C(N)=O)cc1)c1ccc(-c2ccccc2)cc1)N1CCOCC1. The van der Waals surface area contributed by atoms with Crippen molar-refractivity contribution < 1.29 is 23.9 Å². The van der Waals surface area contributed by atoms with Gasteiger partial charge in [-0.1, -0.05) is 42.5 Å². The van der Waals surface area contributed by atoms with Crippen molar-refractivity contribution in [1.29, 1.82) is 0 Å². The van der Waals surface area contributed by atoms with Crippen molar-refractivity contribution in [3.63, 3.8) is 0 Å². The molecule has 4 N–H and O–H groups in total. The molecular formula is C27H28N4O5. The summed E-state index contributed by atoms with van der Waals surface area (Å²) in [6.07, 6.45) is -1.06. The van der Waals surface area contributed by atoms with E-state index >= 15 is 0 Å². The zero-order chi connectivity index (χ0) is 25.5. The van der Waals surface area contributed by atoms with Gasteiger partial charge in [0.25, 0.3) is 5.91 Å². The third-order valence-corrected chi connectivity index (χ3v) is 5.84. The van der Waals surface area contributed by atoms with Gasteiger partial charge in [-0.05, 0) is 47.5 Å². The molecule has 0 aliphatic carbocycles. The second-order valence-electron chi connectivity index (χ2n) is 8.28. The van der Waals surface area contributed by atoms with Gasteiger partial charge in [0.1, 0.15) is 6.61 Å². The van der Waals surface area contributed by atoms with E-state index in [4.69, 9.17) is 20.9 Å². The van der Waals surface area contributed by atoms with Gasteiger partial charge in [-0.15, -0.1) is 0 Å². The largest absolute Gasteiger partial charge is 0.379 e. The van der Waals surface area contributed by atoms with Crippen molar-refractivity contribution in [3.05, 3.63) is 84.4 Å². The Hall–Kier alpha value is -4.05. The van der Waals surface area contributed by atoms with Gasteiger partial charge in [-0.25, -0.2) is 0 Å². The fourth-order valence-electron chi connectivity index (χ4n) is 4.03. The maximum atomic E-state index is 14.0. The predicted octanol–water partition coefficient (Wildman–Crippen LogP) is 2.28. The number of hydrogen-bond donors (Lipinski definition) is 2. The Morgan fingerprint density at radius 1 is 0.833 bits per heavy atom. The molecule has 0 saturated carbocycles. The van der Waals surface area contributed by atoms with Crippen LogP contribution in [0.3, 0.4) is 0 Å². The third-order valence-electron chi connectivity index (χ3n) is 5.84. The topological polar surface area (TPSA) is 128 Å². The Morgan fingerprint density at radius 3 is 1.94 bits per heavy atom. The summed E-state index contributed by atoms with van der Waals surface area (Å²) in [6.45, 7) is 1.37. The summed E-state index contributed by atoms with van der Waals surface area (Å²) in [5, 5.41) is 0. The van der Waals surface area contributed by atoms with E-state index in [1.54, 1.807) is 24.3 Å². The number of amides is 3. The molecule has 1 aliphatic rings. The fraction of sp³-hybridized carbons (Fsp3) is 0.222. The van der Waals surface area contributed by atoms with Crippen LogP contribution in [0.25, 0.3) is 11.1 Å². The number of nitrogens with two attached hydrogens (primary N) is 2. The van der Waals surface area contributed by atoms with Gasteiger partial charge >= 0.3 is 0 Å². The Balaban J connectivity index is 1.72. The summed E-state index contributed by atoms with van der Waals surface area (Å²) in [5.41, 5.74) is 14.2. The number of carbonyl (C=O) groups is 3. The molecule has 9 nitrogen and oxygen atoms in total. The molecule has 1 saturated heterocycles. The number of morpholine rings is 1. The van der Waals surface area contributed by atoms with Gasteiger partial charge in [0.15, 0.2) is 6.23 Å². The average molecular weight is 489 g/mol. The number of benzene rings is 3. The van der Waals surface area contributed by atoms with Gasteiger partial charge < -0.3 is 20.9 Å². The fourth-order valence-corrected chi connectivity index (χ4v) is 4.03. The standard InChI is InChI=1S/C27H28N4O5/c28-24(32)18-36-27(30-14-16-35-17-15-30)26(34)31(23-12-8-21(9-13-23)25(29)33)22-10-6-20(7-11-22)19-4-2-1-3-5-19/h1-13,27H,14-18H2,(H2,28,32)(H2,29,33). The van der Waals surface area contributed by atoms with Gasteiger partial charge in [-0.3, -0.25) is 24.2 Å². The molecule has 0 spiro atoms. The summed E-state index contributed by atoms with van der Waals surface area (Å²) >= 11 is 0. The Kier molecular flexibility index (Phi) is 8.06. The molecule has 186 valence electrons. The smallest absolute Gasteiger partial charge is 0.276 e. The zero-order valence-electron chi connectivity index (χ0n) is 19.7. The predicted molar refractivity (Wildman–Crippen MR) is 135 cm³/mol. The maximum Gasteiger partial charge on any atom is 0.276 e. The summed E-state index contributed by atoms with van der Waals surface area (Å²) < 4.78 is 11.1. The number of nitrogens with zero attached hydrogens (tertiary/aromatic N) is 2. The van der Waals surface area contributed by atoms with E-state index in [1.807, 2.05) is 59.5 Å². The normalized spacial score (nSPS) is 14.7. The van der Waals surface area contributed by atoms with Crippen molar-refractivity contribution >= 4 is 29.1 Å². The van der Waals surface area contributed by atoms with Crippen LogP contribution in [0.4, 0.5) is 11.4 Å². The summed E-state index contributed by atoms with van der Waals surface area (Å²) in [6, 6.07) is 23.8. The molecule has 3 amide bonds. The highest BCUT2D eigenvalue weighted by atomic mass is 16.5. The third kappa shape index (κ3) is 5.95. The Labute approximate surface area is 209 Å². The first-order valence-corrected chi connectivity index (χ1v) is 11.5. The monoisotopic (exact) mass is 488 g/mol. The minimum Gasteiger partial charge on any atom is -0.379 e. The molecule has 3 aromatic rings. The number of rotatable bonds is 9. The molecule has 1 aliphatic heterocycles. The van der Waals surface area contributed by atoms with Gasteiger partial charge in [-0.2, -0.15) is 0 Å². The first-order chi connectivity index (χ1) is 17.4. The molecule has 3 aromatic carbocycles. The Morgan fingerprint density at radius 2 is 1.39 bits per heavy atom. The number of primary amides is 2. The van der Waals surface area contributed by atoms with E-state index in [0.29, 0.717) is 43.2 Å². The number of anilines is 2. The van der Waals surface area contributed by atoms with E-state index in [1.165, 1.54) is 4.90 Å². The van der Waals surface area contributed by atoms with Crippen LogP contribution in [0.1, 0.15) is 10.4 Å². The second kappa shape index (κ2) is 11.6. The first kappa shape index (κ1) is 25.1. The van der Waals surface area contributed by atoms with Crippen molar-refractivity contribution in [3.8, 4) is 11.1 Å². The van der Waals surface area contributed by atoms with Crippen LogP contribution >= 0.6 is 0 Å². The molecule has 9 heteroatoms. The highest BCUT2D eigenvalue weighted by Gasteiger charge is 2.34. The van der Waals surface area contributed by atoms with Crippen molar-refractivity contribution in [2.75, 3.05) is 37.8 Å². The Bertz CT molecular complexity index is 1190. The minimum atomic E-state index is -1.06. The molecule has 1 heterocycles. The van der Waals surface area contributed by atoms with Crippen LogP contribution < -0.4 is 16.4 Å². The molecule has 0 bridgehead atoms. The van der Waals surface area contributed by atoms with Gasteiger partial charge in [0.05, 0.1) is 13.2 Å². The van der Waals surface area contributed by atoms with E-state index in [9.17, 15) is 14.4 Å². The van der Waals surface area contributed by atoms with E-state index in [-0.39, 0.29) is 0 Å². The van der Waals surface area contributed by atoms with E-state index in [0.717, 1.165) is 11.1 Å². The van der Waals surface area contributed by atoms with Crippen LogP contribution in [0.2, 0.25) is 0 Å². The lowest BCUT2D eigenvalue weighted by molar-refractivity contribution is -0.152. The molecular weight excluding hydrogens is 460 g/mol. The van der Waals surface area contributed by atoms with Crippen molar-refractivity contribution in [2.45, 2.75) is 6.23 Å². The van der Waals surface area contributed by atoms with Crippen molar-refractivity contribution in [2.24, 2.45) is 11.5 Å². The lowest BCUT2D eigenvalue weighted by Crippen LogP contribution is -2.53. The first-order valence-electron chi connectivity index (χ1n) is 11.5. The van der Waals surface area contributed by atoms with Gasteiger partial charge in [0, 0.05) is 30.0 Å². The molecule has 4 rings (SSSR count). The van der Waals surface area contributed by atoms with Crippen molar-refractivity contribution in [1.82, 2.24) is 4.90 Å². The maximum absolute atomic E-state index is 14.0. The lowest BCUT2D eigenvalue weighted by atomic mass is 10.0. The lowest BCUT2D eigenvalue weighted by Gasteiger charge is -2.36. The molecule has 36 heavy (non-hydrogen) atoms. The molecule has 0 radical (unpaired) electrons. The highest BCUT2D eigenvalue weighted by molar-refractivity contribution is 6.03. The van der Waals surface area contributed by atoms with E-state index in [2.05, 4.69) is 0 Å². The number of ether oxygens (including phenoxy) is 2. The highest BCUT2D eigenvalue weighted by Crippen LogP contribution is 2.30. The van der Waals surface area contributed by atoms with Crippen LogP contribution in [-0.4, -0.2) is 61.8 Å². The van der Waals surface area contributed by atoms with Crippen LogP contribution in [0, 0.1) is 0 Å². The van der Waals surface area contributed by atoms with Crippen LogP contribution in [0.5, 0.6) is 0 Å². The minimum absolute atomic E-state index is 0.320. The van der Waals surface area contributed by atoms with E-state index < -0.39 is 30.6 Å². The molecule has 0 aromatic heterocycles. The second-order valence-corrected chi connectivity index (χ2v) is 8.28. The van der Waals surface area contributed by atoms with Crippen LogP contribution in [-0.2, 0) is 19.1 Å². The number of carbonyl (C=O) groups excluding carboxylic acids is 3. The number of hydrogen-bond acceptors (Lipinski definition) is 6. The molecule has 1 unspecified atom stereocenters. The summed E-state index contributed by atoms with van der Waals surface area (Å²) in [5.74, 6) is -1.65. The molecule has 1 atom stereocenters. The summed E-state index contributed by atoms with van der Waals surface area (Å²) in [7, 11) is 0. The van der Waals surface area contributed by atoms with Crippen LogP contribution in [0.15, 0.2) is 78.9 Å². The average Bonchev–Trinajstić information content (AvgIpc) is 2.90. The zero-order valence-corrected chi connectivity index (χ0v) is 19.7.